The number of hydrogen-bond donors (Lipinski definition) is 0. The zero-order valence-electron chi connectivity index (χ0n) is 18.6. The van der Waals surface area contributed by atoms with E-state index in [-0.39, 0.29) is 34.1 Å². The fourth-order valence-electron chi connectivity index (χ4n) is 4.05. The third kappa shape index (κ3) is 3.82. The van der Waals surface area contributed by atoms with Gasteiger partial charge in [0.2, 0.25) is 0 Å². The van der Waals surface area contributed by atoms with Crippen LogP contribution in [0.15, 0.2) is 58.4 Å². The van der Waals surface area contributed by atoms with Crippen molar-refractivity contribution in [2.45, 2.75) is 13.0 Å². The lowest BCUT2D eigenvalue weighted by Crippen LogP contribution is -2.38. The number of halogens is 3. The molecule has 0 radical (unpaired) electrons. The number of nitriles is 1. The number of methoxy groups -OCH3 is 1. The minimum absolute atomic E-state index is 0.0164. The molecule has 180 valence electrons. The molecule has 5 rings (SSSR count). The van der Waals surface area contributed by atoms with E-state index >= 15 is 0 Å². The van der Waals surface area contributed by atoms with Crippen molar-refractivity contribution in [3.05, 3.63) is 86.3 Å². The molecule has 2 aromatic carbocycles. The minimum atomic E-state index is -0.673. The van der Waals surface area contributed by atoms with E-state index in [0.717, 1.165) is 22.0 Å². The summed E-state index contributed by atoms with van der Waals surface area (Å²) in [5.41, 5.74) is -0.359. The summed E-state index contributed by atoms with van der Waals surface area (Å²) in [7, 11) is 1.32. The molecule has 11 heteroatoms. The van der Waals surface area contributed by atoms with Crippen LogP contribution in [-0.4, -0.2) is 21.2 Å². The third-order valence-corrected chi connectivity index (χ3v) is 7.18. The highest BCUT2D eigenvalue weighted by Crippen LogP contribution is 2.39. The highest BCUT2D eigenvalue weighted by molar-refractivity contribution is 7.22. The zero-order valence-corrected chi connectivity index (χ0v) is 20.2. The highest BCUT2D eigenvalue weighted by Gasteiger charge is 2.21. The summed E-state index contributed by atoms with van der Waals surface area (Å²) >= 11 is 7.37. The lowest BCUT2D eigenvalue weighted by atomic mass is 10.1. The number of thiophene rings is 1. The third-order valence-electron chi connectivity index (χ3n) is 5.72. The Kier molecular flexibility index (Phi) is 6.04. The number of hydrogen-bond acceptors (Lipinski definition) is 6. The number of pyridine rings is 1. The Balaban J connectivity index is 1.84. The Labute approximate surface area is 211 Å². The Hall–Kier alpha value is -4.07. The first-order valence-corrected chi connectivity index (χ1v) is 11.8. The fraction of sp³-hybridized carbons (Fsp3) is 0.120. The van der Waals surface area contributed by atoms with Crippen LogP contribution in [0.4, 0.5) is 8.78 Å². The molecular formula is C25H15ClF2N4O3S. The van der Waals surface area contributed by atoms with Crippen molar-refractivity contribution in [2.75, 3.05) is 7.11 Å². The van der Waals surface area contributed by atoms with E-state index in [9.17, 15) is 18.4 Å². The van der Waals surface area contributed by atoms with Gasteiger partial charge in [0, 0.05) is 34.0 Å². The summed E-state index contributed by atoms with van der Waals surface area (Å²) in [4.78, 5) is 31.9. The summed E-state index contributed by atoms with van der Waals surface area (Å²) in [6.45, 7) is 0.0234. The van der Waals surface area contributed by atoms with Gasteiger partial charge in [-0.2, -0.15) is 5.26 Å². The van der Waals surface area contributed by atoms with E-state index in [2.05, 4.69) is 4.98 Å². The second-order valence-electron chi connectivity index (χ2n) is 7.80. The van der Waals surface area contributed by atoms with Crippen molar-refractivity contribution in [1.29, 1.82) is 5.26 Å². The van der Waals surface area contributed by atoms with Crippen molar-refractivity contribution < 1.29 is 13.5 Å². The Morgan fingerprint density at radius 1 is 1.17 bits per heavy atom. The predicted molar refractivity (Wildman–Crippen MR) is 134 cm³/mol. The van der Waals surface area contributed by atoms with Gasteiger partial charge in [-0.25, -0.2) is 18.1 Å². The number of fused-ring (bicyclic) bond motifs is 2. The average molecular weight is 525 g/mol. The first-order chi connectivity index (χ1) is 17.3. The largest absolute Gasteiger partial charge is 0.494 e. The van der Waals surface area contributed by atoms with E-state index < -0.39 is 22.9 Å². The first-order valence-electron chi connectivity index (χ1n) is 10.6. The second kappa shape index (κ2) is 9.18. The molecule has 5 aromatic rings. The summed E-state index contributed by atoms with van der Waals surface area (Å²) in [6.07, 6.45) is 2.81. The van der Waals surface area contributed by atoms with Gasteiger partial charge < -0.3 is 4.74 Å². The molecule has 0 aliphatic carbocycles. The van der Waals surface area contributed by atoms with Gasteiger partial charge in [0.1, 0.15) is 10.5 Å². The fourth-order valence-corrected chi connectivity index (χ4v) is 5.48. The zero-order chi connectivity index (χ0) is 25.6. The number of ether oxygens (including phenoxy) is 1. The van der Waals surface area contributed by atoms with Crippen molar-refractivity contribution in [2.24, 2.45) is 0 Å². The Morgan fingerprint density at radius 2 is 1.97 bits per heavy atom. The smallest absolute Gasteiger partial charge is 0.336 e. The van der Waals surface area contributed by atoms with Gasteiger partial charge in [0.25, 0.3) is 5.56 Å². The molecule has 0 aliphatic heterocycles. The SMILES string of the molecule is COc1cc(-c2cc3c(s2)c(=O)n(-c2cncc4cc(F)ccc24)c(=O)n3CCC#N)c(Cl)cc1F. The van der Waals surface area contributed by atoms with E-state index in [0.29, 0.717) is 26.7 Å². The maximum Gasteiger partial charge on any atom is 0.336 e. The molecule has 0 saturated heterocycles. The summed E-state index contributed by atoms with van der Waals surface area (Å²) in [5.74, 6) is -1.15. The van der Waals surface area contributed by atoms with Gasteiger partial charge in [-0.3, -0.25) is 14.3 Å². The number of rotatable bonds is 5. The van der Waals surface area contributed by atoms with Gasteiger partial charge in [0.05, 0.1) is 42.0 Å². The normalized spacial score (nSPS) is 11.2. The molecule has 0 N–H and O–H groups in total. The number of aryl methyl sites for hydroxylation is 1. The Bertz CT molecular complexity index is 1840. The first kappa shape index (κ1) is 23.7. The standard InChI is InChI=1S/C25H15ClF2N4O3S/c1-35-21-8-16(17(26)9-18(21)28)22-10-19-23(36-22)24(33)32(25(34)31(19)6-2-5-29)20-12-30-11-13-7-14(27)3-4-15(13)20/h3-4,7-12H,2,6H2,1H3. The number of aromatic nitrogens is 3. The maximum atomic E-state index is 14.1. The molecule has 3 aromatic heterocycles. The van der Waals surface area contributed by atoms with E-state index in [1.807, 2.05) is 6.07 Å². The average Bonchev–Trinajstić information content (AvgIpc) is 3.29. The molecule has 0 aliphatic rings. The topological polar surface area (TPSA) is 89.9 Å². The molecule has 36 heavy (non-hydrogen) atoms. The molecule has 0 unspecified atom stereocenters. The molecule has 0 saturated carbocycles. The van der Waals surface area contributed by atoms with Crippen molar-refractivity contribution in [3.8, 4) is 27.9 Å². The van der Waals surface area contributed by atoms with Crippen LogP contribution in [-0.2, 0) is 6.54 Å². The molecule has 3 heterocycles. The van der Waals surface area contributed by atoms with E-state index in [1.54, 1.807) is 6.07 Å². The molecule has 0 fully saturated rings. The number of nitrogens with zero attached hydrogens (tertiary/aromatic N) is 4. The van der Waals surface area contributed by atoms with Crippen LogP contribution in [0.25, 0.3) is 37.1 Å². The summed E-state index contributed by atoms with van der Waals surface area (Å²) in [5, 5.41) is 10.1. The minimum Gasteiger partial charge on any atom is -0.494 e. The molecule has 0 bridgehead atoms. The molecule has 7 nitrogen and oxygen atoms in total. The van der Waals surface area contributed by atoms with Crippen LogP contribution in [0, 0.1) is 23.0 Å². The van der Waals surface area contributed by atoms with Crippen LogP contribution >= 0.6 is 22.9 Å². The van der Waals surface area contributed by atoms with Gasteiger partial charge in [-0.15, -0.1) is 11.3 Å². The van der Waals surface area contributed by atoms with Crippen LogP contribution in [0.5, 0.6) is 5.75 Å². The van der Waals surface area contributed by atoms with E-state index in [4.69, 9.17) is 21.6 Å². The quantitative estimate of drug-likeness (QED) is 0.312. The molecule has 0 atom stereocenters. The Morgan fingerprint density at radius 3 is 2.72 bits per heavy atom. The predicted octanol–water partition coefficient (Wildman–Crippen LogP) is 5.28. The van der Waals surface area contributed by atoms with Gasteiger partial charge in [-0.1, -0.05) is 11.6 Å². The lowest BCUT2D eigenvalue weighted by molar-refractivity contribution is 0.387. The van der Waals surface area contributed by atoms with Crippen LogP contribution in [0.1, 0.15) is 6.42 Å². The molecular weight excluding hydrogens is 510 g/mol. The van der Waals surface area contributed by atoms with Crippen molar-refractivity contribution in [1.82, 2.24) is 14.1 Å². The monoisotopic (exact) mass is 524 g/mol. The maximum absolute atomic E-state index is 14.1. The van der Waals surface area contributed by atoms with E-state index in [1.165, 1.54) is 48.3 Å². The van der Waals surface area contributed by atoms with Gasteiger partial charge in [0.15, 0.2) is 11.6 Å². The summed E-state index contributed by atoms with van der Waals surface area (Å²) in [6, 6.07) is 10.1. The number of benzene rings is 2. The van der Waals surface area contributed by atoms with Crippen LogP contribution < -0.4 is 16.0 Å². The molecule has 0 amide bonds. The van der Waals surface area contributed by atoms with Crippen LogP contribution in [0.3, 0.4) is 0 Å². The van der Waals surface area contributed by atoms with Crippen LogP contribution in [0.2, 0.25) is 5.02 Å². The second-order valence-corrected chi connectivity index (χ2v) is 9.26. The van der Waals surface area contributed by atoms with Crippen molar-refractivity contribution >= 4 is 43.9 Å². The van der Waals surface area contributed by atoms with Gasteiger partial charge in [-0.05, 0) is 36.4 Å². The van der Waals surface area contributed by atoms with Gasteiger partial charge >= 0.3 is 5.69 Å². The highest BCUT2D eigenvalue weighted by atomic mass is 35.5. The van der Waals surface area contributed by atoms with Crippen molar-refractivity contribution in [3.63, 3.8) is 0 Å². The summed E-state index contributed by atoms with van der Waals surface area (Å²) < 4.78 is 35.5. The molecule has 0 spiro atoms. The lowest BCUT2D eigenvalue weighted by Gasteiger charge is -2.12.